The molecule has 31 heavy (non-hydrogen) atoms. The van der Waals surface area contributed by atoms with E-state index in [0.717, 1.165) is 33.9 Å². The summed E-state index contributed by atoms with van der Waals surface area (Å²) in [5.41, 5.74) is 6.03. The highest BCUT2D eigenvalue weighted by atomic mass is 15.0. The molecule has 0 unspecified atom stereocenters. The molecular weight excluding hydrogens is 378 g/mol. The molecule has 0 radical (unpaired) electrons. The van der Waals surface area contributed by atoms with Crippen LogP contribution in [0.5, 0.6) is 0 Å². The van der Waals surface area contributed by atoms with Gasteiger partial charge in [-0.15, -0.1) is 0 Å². The van der Waals surface area contributed by atoms with Crippen molar-refractivity contribution in [2.24, 2.45) is 0 Å². The Hall–Kier alpha value is -4.11. The second kappa shape index (κ2) is 8.72. The van der Waals surface area contributed by atoms with Gasteiger partial charge in [0.1, 0.15) is 11.4 Å². The number of pyridine rings is 3. The van der Waals surface area contributed by atoms with Crippen molar-refractivity contribution < 1.29 is 4.57 Å². The Kier molecular flexibility index (Phi) is 5.31. The van der Waals surface area contributed by atoms with Gasteiger partial charge in [-0.05, 0) is 24.3 Å². The molecule has 148 valence electrons. The highest BCUT2D eigenvalue weighted by Crippen LogP contribution is 2.25. The smallest absolute Gasteiger partial charge is 0.242 e. The average molecular weight is 401 g/mol. The van der Waals surface area contributed by atoms with E-state index in [0.29, 0.717) is 0 Å². The Morgan fingerprint density at radius 1 is 0.452 bits per heavy atom. The van der Waals surface area contributed by atoms with Crippen molar-refractivity contribution in [1.29, 1.82) is 0 Å². The fraction of sp³-hybridized carbons (Fsp3) is 0.0357. The first-order chi connectivity index (χ1) is 15.4. The molecule has 0 aliphatic carbocycles. The molecule has 0 saturated carbocycles. The van der Waals surface area contributed by atoms with Crippen molar-refractivity contribution in [2.45, 2.75) is 6.04 Å². The monoisotopic (exact) mass is 400 g/mol. The lowest BCUT2D eigenvalue weighted by Crippen LogP contribution is -2.41. The van der Waals surface area contributed by atoms with E-state index < -0.39 is 0 Å². The standard InChI is InChI=1S/C28H22N3/c1-4-12-22(13-5-1)24-16-10-18-26(29-24)28(31-20-8-3-9-21-31)27-19-11-17-25(30-27)23-14-6-2-7-15-23/h1-21,28H/q+1. The molecule has 0 fully saturated rings. The molecule has 0 atom stereocenters. The van der Waals surface area contributed by atoms with Crippen LogP contribution in [0.25, 0.3) is 22.5 Å². The molecular formula is C28H22N3+. The minimum Gasteiger partial charge on any atom is -0.245 e. The third kappa shape index (κ3) is 4.12. The Morgan fingerprint density at radius 2 is 0.903 bits per heavy atom. The summed E-state index contributed by atoms with van der Waals surface area (Å²) in [6, 6.07) is 38.9. The quantitative estimate of drug-likeness (QED) is 0.352. The molecule has 5 rings (SSSR count). The average Bonchev–Trinajstić information content (AvgIpc) is 2.86. The first-order valence-corrected chi connectivity index (χ1v) is 10.4. The zero-order valence-electron chi connectivity index (χ0n) is 17.0. The summed E-state index contributed by atoms with van der Waals surface area (Å²) in [6.07, 6.45) is 4.14. The lowest BCUT2D eigenvalue weighted by atomic mass is 10.0. The Balaban J connectivity index is 1.63. The summed E-state index contributed by atoms with van der Waals surface area (Å²) in [5.74, 6) is 0. The van der Waals surface area contributed by atoms with Crippen LogP contribution in [0.15, 0.2) is 128 Å². The van der Waals surface area contributed by atoms with Crippen LogP contribution in [-0.4, -0.2) is 9.97 Å². The molecule has 0 aliphatic heterocycles. The van der Waals surface area contributed by atoms with E-state index in [1.165, 1.54) is 0 Å². The maximum Gasteiger partial charge on any atom is 0.242 e. The van der Waals surface area contributed by atoms with Gasteiger partial charge in [0, 0.05) is 23.3 Å². The van der Waals surface area contributed by atoms with Gasteiger partial charge in [0.25, 0.3) is 0 Å². The Morgan fingerprint density at radius 3 is 1.39 bits per heavy atom. The van der Waals surface area contributed by atoms with Gasteiger partial charge in [-0.1, -0.05) is 78.9 Å². The summed E-state index contributed by atoms with van der Waals surface area (Å²) in [7, 11) is 0. The number of hydrogen-bond acceptors (Lipinski definition) is 2. The zero-order chi connectivity index (χ0) is 20.9. The van der Waals surface area contributed by atoms with Gasteiger partial charge in [0.15, 0.2) is 12.4 Å². The van der Waals surface area contributed by atoms with Crippen molar-refractivity contribution >= 4 is 0 Å². The molecule has 3 heterocycles. The molecule has 5 aromatic rings. The summed E-state index contributed by atoms with van der Waals surface area (Å²) >= 11 is 0. The van der Waals surface area contributed by atoms with Gasteiger partial charge in [-0.3, -0.25) is 0 Å². The van der Waals surface area contributed by atoms with Crippen molar-refractivity contribution in [1.82, 2.24) is 9.97 Å². The van der Waals surface area contributed by atoms with E-state index in [2.05, 4.69) is 77.6 Å². The molecule has 0 aliphatic rings. The molecule has 3 nitrogen and oxygen atoms in total. The molecule has 3 heteroatoms. The predicted octanol–water partition coefficient (Wildman–Crippen LogP) is 5.74. The van der Waals surface area contributed by atoms with Crippen LogP contribution in [0.1, 0.15) is 17.4 Å². The maximum absolute atomic E-state index is 5.04. The first-order valence-electron chi connectivity index (χ1n) is 10.4. The van der Waals surface area contributed by atoms with Crippen LogP contribution in [-0.2, 0) is 0 Å². The Bertz CT molecular complexity index is 1190. The van der Waals surface area contributed by atoms with Crippen molar-refractivity contribution in [3.8, 4) is 22.5 Å². The first kappa shape index (κ1) is 18.9. The SMILES string of the molecule is c1ccc(-c2cccc(C(c3cccc(-c4ccccc4)n3)[n+]3ccccc3)n2)cc1. The second-order valence-electron chi connectivity index (χ2n) is 7.35. The number of hydrogen-bond donors (Lipinski definition) is 0. The van der Waals surface area contributed by atoms with Gasteiger partial charge in [-0.2, -0.15) is 4.57 Å². The fourth-order valence-corrected chi connectivity index (χ4v) is 3.79. The molecule has 0 spiro atoms. The lowest BCUT2D eigenvalue weighted by molar-refractivity contribution is -0.705. The van der Waals surface area contributed by atoms with E-state index in [9.17, 15) is 0 Å². The summed E-state index contributed by atoms with van der Waals surface area (Å²) in [5, 5.41) is 0. The van der Waals surface area contributed by atoms with Gasteiger partial charge >= 0.3 is 0 Å². The molecule has 0 amide bonds. The van der Waals surface area contributed by atoms with Crippen LogP contribution >= 0.6 is 0 Å². The van der Waals surface area contributed by atoms with Gasteiger partial charge in [0.2, 0.25) is 6.04 Å². The zero-order valence-corrected chi connectivity index (χ0v) is 17.0. The van der Waals surface area contributed by atoms with Crippen molar-refractivity contribution in [3.63, 3.8) is 0 Å². The Labute approximate surface area is 182 Å². The van der Waals surface area contributed by atoms with E-state index in [1.807, 2.05) is 54.6 Å². The fourth-order valence-electron chi connectivity index (χ4n) is 3.79. The van der Waals surface area contributed by atoms with E-state index in [1.54, 1.807) is 0 Å². The van der Waals surface area contributed by atoms with Crippen LogP contribution in [0.3, 0.4) is 0 Å². The normalized spacial score (nSPS) is 10.9. The minimum absolute atomic E-state index is 0.131. The van der Waals surface area contributed by atoms with Crippen LogP contribution in [0.2, 0.25) is 0 Å². The largest absolute Gasteiger partial charge is 0.245 e. The van der Waals surface area contributed by atoms with E-state index in [4.69, 9.17) is 9.97 Å². The lowest BCUT2D eigenvalue weighted by Gasteiger charge is -2.14. The van der Waals surface area contributed by atoms with Gasteiger partial charge in [0.05, 0.1) is 11.4 Å². The molecule has 3 aromatic heterocycles. The van der Waals surface area contributed by atoms with Crippen LogP contribution in [0, 0.1) is 0 Å². The highest BCUT2D eigenvalue weighted by Gasteiger charge is 2.27. The number of benzene rings is 2. The van der Waals surface area contributed by atoms with E-state index in [-0.39, 0.29) is 6.04 Å². The molecule has 0 saturated heterocycles. The van der Waals surface area contributed by atoms with Crippen LogP contribution in [0.4, 0.5) is 0 Å². The third-order valence-corrected chi connectivity index (χ3v) is 5.28. The second-order valence-corrected chi connectivity index (χ2v) is 7.35. The number of rotatable bonds is 5. The molecule has 0 bridgehead atoms. The number of nitrogens with zero attached hydrogens (tertiary/aromatic N) is 3. The van der Waals surface area contributed by atoms with Crippen LogP contribution < -0.4 is 4.57 Å². The third-order valence-electron chi connectivity index (χ3n) is 5.28. The van der Waals surface area contributed by atoms with E-state index >= 15 is 0 Å². The number of aromatic nitrogens is 3. The summed E-state index contributed by atoms with van der Waals surface area (Å²) < 4.78 is 2.16. The summed E-state index contributed by atoms with van der Waals surface area (Å²) in [4.78, 5) is 10.1. The molecule has 0 N–H and O–H groups in total. The highest BCUT2D eigenvalue weighted by molar-refractivity contribution is 5.60. The predicted molar refractivity (Wildman–Crippen MR) is 123 cm³/mol. The maximum atomic E-state index is 5.04. The van der Waals surface area contributed by atoms with Gasteiger partial charge in [-0.25, -0.2) is 9.97 Å². The summed E-state index contributed by atoms with van der Waals surface area (Å²) in [6.45, 7) is 0. The van der Waals surface area contributed by atoms with Crippen molar-refractivity contribution in [3.05, 3.63) is 139 Å². The molecule has 2 aromatic carbocycles. The topological polar surface area (TPSA) is 29.7 Å². The minimum atomic E-state index is -0.131. The van der Waals surface area contributed by atoms with Gasteiger partial charge < -0.3 is 0 Å². The van der Waals surface area contributed by atoms with Crippen molar-refractivity contribution in [2.75, 3.05) is 0 Å².